The second-order valence-corrected chi connectivity index (χ2v) is 7.15. The number of nitrogens with zero attached hydrogens (tertiary/aromatic N) is 3. The Morgan fingerprint density at radius 3 is 2.69 bits per heavy atom. The summed E-state index contributed by atoms with van der Waals surface area (Å²) in [4.78, 5) is 13.7. The highest BCUT2D eigenvalue weighted by molar-refractivity contribution is 7.13. The van der Waals surface area contributed by atoms with Crippen molar-refractivity contribution in [3.05, 3.63) is 53.7 Å². The molecule has 4 nitrogen and oxygen atoms in total. The van der Waals surface area contributed by atoms with Gasteiger partial charge in [0.05, 0.1) is 0 Å². The number of rotatable bonds is 6. The summed E-state index contributed by atoms with van der Waals surface area (Å²) < 4.78 is 6.04. The Hall–Kier alpha value is -2.53. The lowest BCUT2D eigenvalue weighted by molar-refractivity contribution is 0.464. The first-order chi connectivity index (χ1) is 12.6. The zero-order chi connectivity index (χ0) is 18.5. The van der Waals surface area contributed by atoms with Crippen molar-refractivity contribution >= 4 is 22.7 Å². The Labute approximate surface area is 158 Å². The van der Waals surface area contributed by atoms with Gasteiger partial charge in [-0.05, 0) is 49.9 Å². The van der Waals surface area contributed by atoms with Crippen molar-refractivity contribution in [2.75, 3.05) is 0 Å². The van der Waals surface area contributed by atoms with Crippen LogP contribution in [0.2, 0.25) is 0 Å². The lowest BCUT2D eigenvalue weighted by Crippen LogP contribution is -2.05. The fourth-order valence-electron chi connectivity index (χ4n) is 2.59. The predicted molar refractivity (Wildman–Crippen MR) is 109 cm³/mol. The van der Waals surface area contributed by atoms with Crippen LogP contribution in [0.1, 0.15) is 32.8 Å². The Kier molecular flexibility index (Phi) is 5.78. The van der Waals surface area contributed by atoms with E-state index in [1.165, 1.54) is 0 Å². The molecule has 5 heteroatoms. The van der Waals surface area contributed by atoms with Crippen molar-refractivity contribution < 1.29 is 4.74 Å². The molecular formula is C21H23N3OS. The molecule has 26 heavy (non-hydrogen) atoms. The highest BCUT2D eigenvalue weighted by atomic mass is 32.1. The van der Waals surface area contributed by atoms with E-state index in [1.807, 2.05) is 41.9 Å². The number of pyridine rings is 1. The number of aromatic nitrogens is 2. The molecule has 1 unspecified atom stereocenters. The standard InChI is InChI=1S/C21H23N3OS/c1-5-14(2)16(4)24-20-15(3)17(21-23-12-13-26-21)9-10-18(20)25-19-8-6-7-11-22-19/h6-14H,5H2,1-4H3. The number of hydrogen-bond acceptors (Lipinski definition) is 5. The second-order valence-electron chi connectivity index (χ2n) is 6.25. The van der Waals surface area contributed by atoms with Crippen molar-refractivity contribution in [1.82, 2.24) is 9.97 Å². The minimum atomic E-state index is 0.417. The minimum Gasteiger partial charge on any atom is -0.437 e. The van der Waals surface area contributed by atoms with E-state index in [2.05, 4.69) is 37.7 Å². The van der Waals surface area contributed by atoms with E-state index >= 15 is 0 Å². The van der Waals surface area contributed by atoms with E-state index in [4.69, 9.17) is 9.73 Å². The zero-order valence-corrected chi connectivity index (χ0v) is 16.4. The summed E-state index contributed by atoms with van der Waals surface area (Å²) in [5.74, 6) is 1.69. The van der Waals surface area contributed by atoms with E-state index in [0.29, 0.717) is 17.5 Å². The van der Waals surface area contributed by atoms with Crippen LogP contribution in [0.15, 0.2) is 53.1 Å². The highest BCUT2D eigenvalue weighted by Gasteiger charge is 2.16. The van der Waals surface area contributed by atoms with Gasteiger partial charge >= 0.3 is 0 Å². The number of thiazole rings is 1. The Balaban J connectivity index is 2.10. The first-order valence-corrected chi connectivity index (χ1v) is 9.65. The van der Waals surface area contributed by atoms with Crippen molar-refractivity contribution in [3.8, 4) is 22.2 Å². The van der Waals surface area contributed by atoms with Crippen molar-refractivity contribution in [2.45, 2.75) is 34.1 Å². The molecular weight excluding hydrogens is 342 g/mol. The summed E-state index contributed by atoms with van der Waals surface area (Å²) >= 11 is 1.63. The largest absolute Gasteiger partial charge is 0.437 e. The Morgan fingerprint density at radius 2 is 2.04 bits per heavy atom. The van der Waals surface area contributed by atoms with Gasteiger partial charge in [0, 0.05) is 35.1 Å². The van der Waals surface area contributed by atoms with Gasteiger partial charge in [0.25, 0.3) is 0 Å². The number of benzene rings is 1. The third kappa shape index (κ3) is 3.99. The fraction of sp³-hybridized carbons (Fsp3) is 0.286. The molecule has 0 radical (unpaired) electrons. The lowest BCUT2D eigenvalue weighted by Gasteiger charge is -2.15. The fourth-order valence-corrected chi connectivity index (χ4v) is 3.31. The Morgan fingerprint density at radius 1 is 1.19 bits per heavy atom. The van der Waals surface area contributed by atoms with Gasteiger partial charge in [0.15, 0.2) is 5.75 Å². The molecule has 0 bridgehead atoms. The molecule has 2 heterocycles. The van der Waals surface area contributed by atoms with Gasteiger partial charge < -0.3 is 4.74 Å². The van der Waals surface area contributed by atoms with Crippen LogP contribution in [0.25, 0.3) is 10.6 Å². The molecule has 0 aliphatic carbocycles. The van der Waals surface area contributed by atoms with Gasteiger partial charge in [0.2, 0.25) is 5.88 Å². The topological polar surface area (TPSA) is 47.4 Å². The van der Waals surface area contributed by atoms with E-state index in [0.717, 1.165) is 34.0 Å². The molecule has 0 aliphatic rings. The molecule has 3 rings (SSSR count). The molecule has 0 fully saturated rings. The first-order valence-electron chi connectivity index (χ1n) is 8.77. The molecule has 0 N–H and O–H groups in total. The van der Waals surface area contributed by atoms with Crippen LogP contribution in [0.5, 0.6) is 11.6 Å². The number of ether oxygens (including phenoxy) is 1. The van der Waals surface area contributed by atoms with Crippen LogP contribution in [0.3, 0.4) is 0 Å². The van der Waals surface area contributed by atoms with Crippen LogP contribution < -0.4 is 4.74 Å². The van der Waals surface area contributed by atoms with Crippen LogP contribution >= 0.6 is 11.3 Å². The van der Waals surface area contributed by atoms with Crippen LogP contribution in [0.4, 0.5) is 5.69 Å². The van der Waals surface area contributed by atoms with E-state index in [9.17, 15) is 0 Å². The van der Waals surface area contributed by atoms with Gasteiger partial charge in [-0.25, -0.2) is 9.97 Å². The highest BCUT2D eigenvalue weighted by Crippen LogP contribution is 2.40. The lowest BCUT2D eigenvalue weighted by atomic mass is 10.0. The average molecular weight is 366 g/mol. The van der Waals surface area contributed by atoms with Crippen molar-refractivity contribution in [3.63, 3.8) is 0 Å². The van der Waals surface area contributed by atoms with Gasteiger partial charge in [-0.15, -0.1) is 11.3 Å². The summed E-state index contributed by atoms with van der Waals surface area (Å²) in [5.41, 5.74) is 4.10. The maximum Gasteiger partial charge on any atom is 0.219 e. The molecule has 134 valence electrons. The molecule has 1 atom stereocenters. The summed E-state index contributed by atoms with van der Waals surface area (Å²) in [7, 11) is 0. The molecule has 2 aromatic heterocycles. The summed E-state index contributed by atoms with van der Waals surface area (Å²) in [6.07, 6.45) is 4.60. The Bertz CT molecular complexity index is 889. The SMILES string of the molecule is CCC(C)C(C)=Nc1c(Oc2ccccn2)ccc(-c2nccs2)c1C. The van der Waals surface area contributed by atoms with Gasteiger partial charge in [-0.3, -0.25) is 4.99 Å². The number of aliphatic imine (C=N–C) groups is 1. The van der Waals surface area contributed by atoms with Crippen LogP contribution in [0, 0.1) is 12.8 Å². The van der Waals surface area contributed by atoms with E-state index in [1.54, 1.807) is 17.5 Å². The zero-order valence-electron chi connectivity index (χ0n) is 15.6. The minimum absolute atomic E-state index is 0.417. The molecule has 0 saturated heterocycles. The molecule has 0 amide bonds. The average Bonchev–Trinajstić information content (AvgIpc) is 3.19. The van der Waals surface area contributed by atoms with Crippen LogP contribution in [-0.4, -0.2) is 15.7 Å². The summed E-state index contributed by atoms with van der Waals surface area (Å²) in [6.45, 7) is 8.52. The first kappa shape index (κ1) is 18.3. The third-order valence-electron chi connectivity index (χ3n) is 4.52. The predicted octanol–water partition coefficient (Wildman–Crippen LogP) is 6.44. The monoisotopic (exact) mass is 365 g/mol. The molecule has 0 saturated carbocycles. The molecule has 3 aromatic rings. The normalized spacial score (nSPS) is 12.8. The maximum absolute atomic E-state index is 6.04. The summed E-state index contributed by atoms with van der Waals surface area (Å²) in [5, 5.41) is 2.98. The smallest absolute Gasteiger partial charge is 0.219 e. The van der Waals surface area contributed by atoms with Gasteiger partial charge in [-0.2, -0.15) is 0 Å². The molecule has 1 aromatic carbocycles. The van der Waals surface area contributed by atoms with E-state index < -0.39 is 0 Å². The third-order valence-corrected chi connectivity index (χ3v) is 5.33. The van der Waals surface area contributed by atoms with E-state index in [-0.39, 0.29) is 0 Å². The summed E-state index contributed by atoms with van der Waals surface area (Å²) in [6, 6.07) is 9.63. The van der Waals surface area contributed by atoms with Gasteiger partial charge in [0.1, 0.15) is 10.7 Å². The second kappa shape index (κ2) is 8.23. The van der Waals surface area contributed by atoms with Gasteiger partial charge in [-0.1, -0.05) is 19.9 Å². The quantitative estimate of drug-likeness (QED) is 0.472. The van der Waals surface area contributed by atoms with Crippen molar-refractivity contribution in [1.29, 1.82) is 0 Å². The molecule has 0 spiro atoms. The maximum atomic E-state index is 6.04. The molecule has 0 aliphatic heterocycles. The number of hydrogen-bond donors (Lipinski definition) is 0. The van der Waals surface area contributed by atoms with Crippen LogP contribution in [-0.2, 0) is 0 Å². The van der Waals surface area contributed by atoms with Crippen molar-refractivity contribution in [2.24, 2.45) is 10.9 Å².